The second-order valence-electron chi connectivity index (χ2n) is 8.05. The van der Waals surface area contributed by atoms with Gasteiger partial charge < -0.3 is 10.1 Å². The maximum atomic E-state index is 12.6. The number of likely N-dealkylation sites (tertiary alicyclic amines) is 1. The lowest BCUT2D eigenvalue weighted by Gasteiger charge is -2.38. The zero-order chi connectivity index (χ0) is 21.3. The molecule has 0 radical (unpaired) electrons. The molecular weight excluding hydrogens is 390 g/mol. The average Bonchev–Trinajstić information content (AvgIpc) is 3.08. The first-order chi connectivity index (χ1) is 15.1. The van der Waals surface area contributed by atoms with Gasteiger partial charge in [-0.1, -0.05) is 48.5 Å². The number of hydrogen-bond acceptors (Lipinski definition) is 5. The zero-order valence-electron chi connectivity index (χ0n) is 17.1. The number of amides is 1. The normalized spacial score (nSPS) is 17.2. The minimum Gasteiger partial charge on any atom is -0.450 e. The molecule has 0 unspecified atom stereocenters. The minimum absolute atomic E-state index is 0.0648. The highest BCUT2D eigenvalue weighted by atomic mass is 16.6. The van der Waals surface area contributed by atoms with E-state index in [1.165, 1.54) is 0 Å². The number of fused-ring (bicyclic) bond motifs is 2. The number of benzene rings is 2. The Kier molecular flexibility index (Phi) is 5.00. The van der Waals surface area contributed by atoms with Crippen LogP contribution in [0.4, 0.5) is 5.69 Å². The Morgan fingerprint density at radius 1 is 1.03 bits per heavy atom. The lowest BCUT2D eigenvalue weighted by Crippen LogP contribution is -2.45. The molecule has 3 aromatic rings. The van der Waals surface area contributed by atoms with Crippen molar-refractivity contribution in [3.05, 3.63) is 84.1 Å². The van der Waals surface area contributed by atoms with Crippen LogP contribution in [0, 0.1) is 0 Å². The Bertz CT molecular complexity index is 1120. The number of anilines is 1. The van der Waals surface area contributed by atoms with Gasteiger partial charge in [0.25, 0.3) is 0 Å². The van der Waals surface area contributed by atoms with Crippen molar-refractivity contribution in [1.29, 1.82) is 0 Å². The molecule has 0 aliphatic carbocycles. The quantitative estimate of drug-likeness (QED) is 0.658. The maximum absolute atomic E-state index is 12.6. The summed E-state index contributed by atoms with van der Waals surface area (Å²) in [6, 6.07) is 21.2. The van der Waals surface area contributed by atoms with E-state index in [4.69, 9.17) is 4.74 Å². The molecule has 5 rings (SSSR count). The van der Waals surface area contributed by atoms with E-state index in [1.807, 2.05) is 60.7 Å². The molecule has 2 aliphatic rings. The van der Waals surface area contributed by atoms with Crippen LogP contribution in [-0.2, 0) is 15.1 Å². The summed E-state index contributed by atoms with van der Waals surface area (Å²) in [5.41, 5.74) is 3.66. The number of rotatable bonds is 4. The molecule has 156 valence electrons. The van der Waals surface area contributed by atoms with Crippen molar-refractivity contribution < 1.29 is 14.3 Å². The van der Waals surface area contributed by atoms with E-state index in [1.54, 1.807) is 12.3 Å². The summed E-state index contributed by atoms with van der Waals surface area (Å²) in [5.74, 6) is -0.307. The molecular formula is C25H23N3O3. The van der Waals surface area contributed by atoms with Crippen molar-refractivity contribution in [2.24, 2.45) is 0 Å². The average molecular weight is 413 g/mol. The van der Waals surface area contributed by atoms with E-state index >= 15 is 0 Å². The molecule has 0 saturated carbocycles. The molecule has 2 aromatic carbocycles. The number of carbonyl (C=O) groups excluding carboxylic acids is 2. The third-order valence-electron chi connectivity index (χ3n) is 6.07. The fourth-order valence-electron chi connectivity index (χ4n) is 4.47. The molecule has 0 bridgehead atoms. The monoisotopic (exact) mass is 413 g/mol. The number of nitrogens with one attached hydrogen (secondary N) is 1. The van der Waals surface area contributed by atoms with Gasteiger partial charge in [-0.3, -0.25) is 14.7 Å². The summed E-state index contributed by atoms with van der Waals surface area (Å²) in [5, 5.41) is 2.98. The first kappa shape index (κ1) is 19.5. The van der Waals surface area contributed by atoms with Gasteiger partial charge in [0.15, 0.2) is 0 Å². The molecule has 31 heavy (non-hydrogen) atoms. The summed E-state index contributed by atoms with van der Waals surface area (Å²) in [4.78, 5) is 31.4. The number of piperidine rings is 1. The highest BCUT2D eigenvalue weighted by Gasteiger charge is 2.47. The Hall–Kier alpha value is -3.51. The first-order valence-corrected chi connectivity index (χ1v) is 10.5. The second kappa shape index (κ2) is 7.96. The molecule has 3 heterocycles. The number of hydrogen-bond donors (Lipinski definition) is 1. The summed E-state index contributed by atoms with van der Waals surface area (Å²) in [6.07, 6.45) is 3.08. The SMILES string of the molecule is O=C(CN1CCC2(CC1)OC(=O)c1ccccc12)Nc1ccnc(-c2ccccc2)c1. The Morgan fingerprint density at radius 2 is 1.77 bits per heavy atom. The van der Waals surface area contributed by atoms with Crippen LogP contribution >= 0.6 is 0 Å². The maximum Gasteiger partial charge on any atom is 0.339 e. The topological polar surface area (TPSA) is 71.5 Å². The van der Waals surface area contributed by atoms with Crippen molar-refractivity contribution >= 4 is 17.6 Å². The molecule has 1 spiro atoms. The van der Waals surface area contributed by atoms with Crippen LogP contribution in [0.25, 0.3) is 11.3 Å². The third-order valence-corrected chi connectivity index (χ3v) is 6.07. The van der Waals surface area contributed by atoms with Gasteiger partial charge >= 0.3 is 5.97 Å². The molecule has 6 heteroatoms. The van der Waals surface area contributed by atoms with Gasteiger partial charge in [0.2, 0.25) is 5.91 Å². The molecule has 2 aliphatic heterocycles. The van der Waals surface area contributed by atoms with E-state index < -0.39 is 5.60 Å². The van der Waals surface area contributed by atoms with Crippen molar-refractivity contribution in [2.45, 2.75) is 18.4 Å². The fraction of sp³-hybridized carbons (Fsp3) is 0.240. The van der Waals surface area contributed by atoms with E-state index in [2.05, 4.69) is 15.2 Å². The van der Waals surface area contributed by atoms with Crippen molar-refractivity contribution in [3.63, 3.8) is 0 Å². The zero-order valence-corrected chi connectivity index (χ0v) is 17.1. The van der Waals surface area contributed by atoms with Gasteiger partial charge in [-0.2, -0.15) is 0 Å². The van der Waals surface area contributed by atoms with E-state index in [0.717, 1.165) is 22.5 Å². The van der Waals surface area contributed by atoms with Crippen LogP contribution in [0.2, 0.25) is 0 Å². The lowest BCUT2D eigenvalue weighted by atomic mass is 9.84. The predicted octanol–water partition coefficient (Wildman–Crippen LogP) is 3.85. The standard InChI is InChI=1S/C25H23N3O3/c29-23(27-19-10-13-26-22(16-19)18-6-2-1-3-7-18)17-28-14-11-25(12-15-28)21-9-5-4-8-20(21)24(30)31-25/h1-10,13,16H,11-12,14-15,17H2,(H,26,27,29). The van der Waals surface area contributed by atoms with E-state index in [-0.39, 0.29) is 11.9 Å². The number of pyridine rings is 1. The van der Waals surface area contributed by atoms with Crippen LogP contribution in [0.1, 0.15) is 28.8 Å². The Balaban J connectivity index is 1.20. The van der Waals surface area contributed by atoms with E-state index in [0.29, 0.717) is 38.0 Å². The van der Waals surface area contributed by atoms with Crippen LogP contribution in [0.3, 0.4) is 0 Å². The van der Waals surface area contributed by atoms with Gasteiger partial charge in [-0.05, 0) is 18.2 Å². The van der Waals surface area contributed by atoms with E-state index in [9.17, 15) is 9.59 Å². The minimum atomic E-state index is -0.545. The number of aromatic nitrogens is 1. The predicted molar refractivity (Wildman–Crippen MR) is 118 cm³/mol. The number of esters is 1. The largest absolute Gasteiger partial charge is 0.450 e. The molecule has 1 N–H and O–H groups in total. The van der Waals surface area contributed by atoms with Gasteiger partial charge in [-0.15, -0.1) is 0 Å². The van der Waals surface area contributed by atoms with Crippen LogP contribution in [-0.4, -0.2) is 41.4 Å². The van der Waals surface area contributed by atoms with Crippen molar-refractivity contribution in [1.82, 2.24) is 9.88 Å². The summed E-state index contributed by atoms with van der Waals surface area (Å²) < 4.78 is 5.79. The molecule has 6 nitrogen and oxygen atoms in total. The fourth-order valence-corrected chi connectivity index (χ4v) is 4.47. The Labute approximate surface area is 180 Å². The number of ether oxygens (including phenoxy) is 1. The lowest BCUT2D eigenvalue weighted by molar-refractivity contribution is -0.118. The molecule has 1 saturated heterocycles. The number of carbonyl (C=O) groups is 2. The molecule has 1 aromatic heterocycles. The highest BCUT2D eigenvalue weighted by Crippen LogP contribution is 2.43. The van der Waals surface area contributed by atoms with Gasteiger partial charge in [0.05, 0.1) is 17.8 Å². The smallest absolute Gasteiger partial charge is 0.339 e. The summed E-state index contributed by atoms with van der Waals surface area (Å²) >= 11 is 0. The highest BCUT2D eigenvalue weighted by molar-refractivity contribution is 5.95. The summed E-state index contributed by atoms with van der Waals surface area (Å²) in [6.45, 7) is 1.69. The van der Waals surface area contributed by atoms with Gasteiger partial charge in [0.1, 0.15) is 5.60 Å². The van der Waals surface area contributed by atoms with Crippen LogP contribution in [0.15, 0.2) is 72.9 Å². The Morgan fingerprint density at radius 3 is 2.58 bits per heavy atom. The van der Waals surface area contributed by atoms with Gasteiger partial charge in [0, 0.05) is 48.9 Å². The molecule has 1 fully saturated rings. The van der Waals surface area contributed by atoms with Crippen molar-refractivity contribution in [3.8, 4) is 11.3 Å². The van der Waals surface area contributed by atoms with Crippen LogP contribution < -0.4 is 5.32 Å². The molecule has 1 amide bonds. The second-order valence-corrected chi connectivity index (χ2v) is 8.05. The number of nitrogens with zero attached hydrogens (tertiary/aromatic N) is 2. The van der Waals surface area contributed by atoms with Crippen LogP contribution in [0.5, 0.6) is 0 Å². The summed E-state index contributed by atoms with van der Waals surface area (Å²) in [7, 11) is 0. The van der Waals surface area contributed by atoms with Crippen molar-refractivity contribution in [2.75, 3.05) is 25.0 Å². The third kappa shape index (κ3) is 3.82. The molecule has 0 atom stereocenters. The first-order valence-electron chi connectivity index (χ1n) is 10.5. The van der Waals surface area contributed by atoms with Gasteiger partial charge in [-0.25, -0.2) is 4.79 Å².